The van der Waals surface area contributed by atoms with Gasteiger partial charge in [0.2, 0.25) is 11.7 Å². The summed E-state index contributed by atoms with van der Waals surface area (Å²) in [6, 6.07) is 11.5. The Morgan fingerprint density at radius 1 is 1.08 bits per heavy atom. The van der Waals surface area contributed by atoms with E-state index in [9.17, 15) is 14.7 Å². The smallest absolute Gasteiger partial charge is 0.326 e. The van der Waals surface area contributed by atoms with Crippen LogP contribution >= 0.6 is 11.6 Å². The maximum atomic E-state index is 15.9. The quantitative estimate of drug-likeness (QED) is 0.198. The summed E-state index contributed by atoms with van der Waals surface area (Å²) >= 11 is 6.45. The highest BCUT2D eigenvalue weighted by molar-refractivity contribution is 6.31. The number of piperidine rings is 1. The Morgan fingerprint density at radius 3 is 2.73 bits per heavy atom. The molecule has 49 heavy (non-hydrogen) atoms. The van der Waals surface area contributed by atoms with Crippen molar-refractivity contribution in [1.82, 2.24) is 24.4 Å². The van der Waals surface area contributed by atoms with Crippen LogP contribution in [-0.4, -0.2) is 73.2 Å². The topological polar surface area (TPSA) is 127 Å². The standard InChI is InChI=1S/C35H35ClF2N6O5/c1-19-17-42-14-12-24(19)44-25-15-20(36)10-11-23(25)39-34(44)48-21-16-26(32(46)47)43(18-21)31-30-29(22-7-4-5-8-27(22)49-30)40-33(41-31)35(37,38)13-6-2-3-9-28(42)45/h4-5,7-8,10-11,15,19,21,24,26H,2-3,6,9,12-14,16-18H2,1H3,(H,46,47)/t19-,21-,24-,26-/m0/s1. The minimum Gasteiger partial charge on any atom is -0.480 e. The Hall–Kier alpha value is -4.52. The number of fused-ring (bicyclic) bond motifs is 12. The molecule has 2 fully saturated rings. The number of hydrogen-bond acceptors (Lipinski definition) is 8. The van der Waals surface area contributed by atoms with Crippen molar-refractivity contribution in [2.45, 2.75) is 76.0 Å². The van der Waals surface area contributed by atoms with Gasteiger partial charge in [-0.05, 0) is 55.5 Å². The van der Waals surface area contributed by atoms with Gasteiger partial charge in [0.15, 0.2) is 11.4 Å². The highest BCUT2D eigenvalue weighted by Gasteiger charge is 2.44. The van der Waals surface area contributed by atoms with Crippen molar-refractivity contribution < 1.29 is 32.6 Å². The molecule has 6 bridgehead atoms. The number of halogens is 3. The van der Waals surface area contributed by atoms with Gasteiger partial charge in [-0.25, -0.2) is 14.8 Å². The number of rotatable bonds is 1. The van der Waals surface area contributed by atoms with Crippen LogP contribution in [0.4, 0.5) is 14.6 Å². The second-order valence-corrected chi connectivity index (χ2v) is 13.9. The number of aromatic nitrogens is 4. The number of alkyl halides is 2. The molecule has 0 spiro atoms. The summed E-state index contributed by atoms with van der Waals surface area (Å²) in [6.45, 7) is 3.17. The van der Waals surface area contributed by atoms with Crippen molar-refractivity contribution in [3.63, 3.8) is 0 Å². The van der Waals surface area contributed by atoms with E-state index in [0.717, 1.165) is 5.52 Å². The molecule has 7 heterocycles. The SMILES string of the molecule is C[C@H]1CN2CC[C@@H]1n1c(nc3ccc(Cl)cc31)O[C@H]1C[C@@H](C(=O)O)N(C1)c1nc(nc3c1oc1ccccc13)C(F)(F)CCCCCC2=O. The number of benzene rings is 2. The van der Waals surface area contributed by atoms with Gasteiger partial charge in [-0.1, -0.05) is 37.1 Å². The molecule has 0 aliphatic carbocycles. The Balaban J connectivity index is 1.26. The number of anilines is 1. The van der Waals surface area contributed by atoms with Gasteiger partial charge in [0.25, 0.3) is 6.01 Å². The molecule has 256 valence electrons. The summed E-state index contributed by atoms with van der Waals surface area (Å²) in [6.07, 6.45) is 0.855. The van der Waals surface area contributed by atoms with E-state index >= 15 is 8.78 Å². The molecular weight excluding hydrogens is 658 g/mol. The number of para-hydroxylation sites is 1. The lowest BCUT2D eigenvalue weighted by Gasteiger charge is -2.38. The lowest BCUT2D eigenvalue weighted by atomic mass is 9.93. The summed E-state index contributed by atoms with van der Waals surface area (Å²) in [5, 5.41) is 11.5. The Morgan fingerprint density at radius 2 is 1.92 bits per heavy atom. The second kappa shape index (κ2) is 12.1. The number of hydrogen-bond donors (Lipinski definition) is 1. The van der Waals surface area contributed by atoms with Crippen molar-refractivity contribution in [2.75, 3.05) is 24.5 Å². The molecule has 3 aromatic heterocycles. The van der Waals surface area contributed by atoms with Gasteiger partial charge in [0.1, 0.15) is 23.2 Å². The zero-order valence-electron chi connectivity index (χ0n) is 26.8. The van der Waals surface area contributed by atoms with E-state index in [0.29, 0.717) is 59.9 Å². The highest BCUT2D eigenvalue weighted by Crippen LogP contribution is 2.42. The van der Waals surface area contributed by atoms with E-state index in [1.165, 1.54) is 4.90 Å². The number of furan rings is 1. The molecule has 1 N–H and O–H groups in total. The summed E-state index contributed by atoms with van der Waals surface area (Å²) in [7, 11) is 0. The zero-order chi connectivity index (χ0) is 34.0. The fraction of sp³-hybridized carbons (Fsp3) is 0.457. The Kier molecular flexibility index (Phi) is 7.84. The number of ether oxygens (including phenoxy) is 1. The minimum atomic E-state index is -3.41. The van der Waals surface area contributed by atoms with Crippen LogP contribution in [0.2, 0.25) is 5.02 Å². The average Bonchev–Trinajstić information content (AvgIpc) is 3.77. The van der Waals surface area contributed by atoms with E-state index in [-0.39, 0.29) is 60.6 Å². The molecule has 0 saturated carbocycles. The summed E-state index contributed by atoms with van der Waals surface area (Å²) < 4.78 is 46.6. The fourth-order valence-electron chi connectivity index (χ4n) is 7.70. The van der Waals surface area contributed by atoms with E-state index in [1.807, 2.05) is 21.6 Å². The maximum absolute atomic E-state index is 15.9. The first-order chi connectivity index (χ1) is 23.6. The fourth-order valence-corrected chi connectivity index (χ4v) is 7.86. The molecule has 2 saturated heterocycles. The number of carbonyl (C=O) groups is 2. The van der Waals surface area contributed by atoms with Crippen LogP contribution in [0.25, 0.3) is 33.1 Å². The van der Waals surface area contributed by atoms with Crippen molar-refractivity contribution in [2.24, 2.45) is 5.92 Å². The molecule has 5 aromatic rings. The summed E-state index contributed by atoms with van der Waals surface area (Å²) in [4.78, 5) is 42.8. The number of carboxylic acids is 1. The molecule has 4 atom stereocenters. The predicted octanol–water partition coefficient (Wildman–Crippen LogP) is 6.96. The van der Waals surface area contributed by atoms with Crippen LogP contribution in [-0.2, 0) is 15.5 Å². The van der Waals surface area contributed by atoms with Gasteiger partial charge in [0.05, 0.1) is 17.6 Å². The molecule has 1 amide bonds. The highest BCUT2D eigenvalue weighted by atomic mass is 35.5. The van der Waals surface area contributed by atoms with Gasteiger partial charge >= 0.3 is 11.9 Å². The van der Waals surface area contributed by atoms with Gasteiger partial charge in [0, 0.05) is 48.8 Å². The first kappa shape index (κ1) is 31.7. The third-order valence-corrected chi connectivity index (χ3v) is 10.4. The molecule has 0 unspecified atom stereocenters. The molecule has 4 aliphatic heterocycles. The summed E-state index contributed by atoms with van der Waals surface area (Å²) in [5.41, 5.74) is 2.19. The van der Waals surface area contributed by atoms with Crippen molar-refractivity contribution in [3.05, 3.63) is 53.3 Å². The second-order valence-electron chi connectivity index (χ2n) is 13.5. The number of amides is 1. The zero-order valence-corrected chi connectivity index (χ0v) is 27.6. The van der Waals surface area contributed by atoms with E-state index < -0.39 is 36.3 Å². The summed E-state index contributed by atoms with van der Waals surface area (Å²) in [5.74, 6) is -5.23. The largest absolute Gasteiger partial charge is 0.480 e. The molecule has 2 aromatic carbocycles. The van der Waals surface area contributed by atoms with Crippen LogP contribution in [0.15, 0.2) is 46.9 Å². The Labute approximate surface area is 284 Å². The monoisotopic (exact) mass is 692 g/mol. The lowest BCUT2D eigenvalue weighted by molar-refractivity contribution is -0.138. The van der Waals surface area contributed by atoms with Crippen LogP contribution in [0.3, 0.4) is 0 Å². The molecular formula is C35H35ClF2N6O5. The number of nitrogens with zero attached hydrogens (tertiary/aromatic N) is 6. The molecule has 9 rings (SSSR count). The van der Waals surface area contributed by atoms with Gasteiger partial charge in [-0.2, -0.15) is 13.8 Å². The molecule has 4 aliphatic rings. The lowest BCUT2D eigenvalue weighted by Crippen LogP contribution is -2.43. The van der Waals surface area contributed by atoms with E-state index in [4.69, 9.17) is 25.7 Å². The predicted molar refractivity (Wildman–Crippen MR) is 178 cm³/mol. The number of imidazole rings is 1. The van der Waals surface area contributed by atoms with Crippen LogP contribution in [0.1, 0.15) is 63.7 Å². The number of carbonyl (C=O) groups excluding carboxylic acids is 1. The number of aliphatic carboxylic acids is 1. The third-order valence-electron chi connectivity index (χ3n) is 10.2. The third kappa shape index (κ3) is 5.61. The van der Waals surface area contributed by atoms with Crippen molar-refractivity contribution in [1.29, 1.82) is 0 Å². The normalized spacial score (nSPS) is 24.8. The van der Waals surface area contributed by atoms with Gasteiger partial charge < -0.3 is 24.1 Å². The maximum Gasteiger partial charge on any atom is 0.326 e. The number of carboxylic acid groups (broad SMARTS) is 1. The minimum absolute atomic E-state index is 0.0116. The van der Waals surface area contributed by atoms with Gasteiger partial charge in [-0.3, -0.25) is 9.36 Å². The van der Waals surface area contributed by atoms with Crippen molar-refractivity contribution in [3.8, 4) is 6.01 Å². The van der Waals surface area contributed by atoms with Crippen LogP contribution in [0, 0.1) is 5.92 Å². The van der Waals surface area contributed by atoms with E-state index in [1.54, 1.807) is 30.3 Å². The van der Waals surface area contributed by atoms with Gasteiger partial charge in [-0.15, -0.1) is 0 Å². The molecule has 11 nitrogen and oxygen atoms in total. The average molecular weight is 693 g/mol. The van der Waals surface area contributed by atoms with Crippen LogP contribution < -0.4 is 9.64 Å². The van der Waals surface area contributed by atoms with E-state index in [2.05, 4.69) is 16.9 Å². The molecule has 14 heteroatoms. The molecule has 0 radical (unpaired) electrons. The van der Waals surface area contributed by atoms with Crippen LogP contribution in [0.5, 0.6) is 6.01 Å². The first-order valence-corrected chi connectivity index (χ1v) is 17.1. The van der Waals surface area contributed by atoms with Crippen molar-refractivity contribution >= 4 is 62.4 Å². The Bertz CT molecular complexity index is 2100. The first-order valence-electron chi connectivity index (χ1n) is 16.8.